The van der Waals surface area contributed by atoms with Crippen molar-refractivity contribution in [3.63, 3.8) is 0 Å². The SMILES string of the molecule is C[C@H]1CC[C@H]2C(C)(C)[C@@H](O)CC[C@]23Oc2c(c(O)cc4c2CN(C(=O)OC(C)(C)C)C4=O)C[C@]13C. The van der Waals surface area contributed by atoms with Crippen molar-refractivity contribution < 1.29 is 29.3 Å². The van der Waals surface area contributed by atoms with Crippen LogP contribution in [0.15, 0.2) is 6.07 Å². The van der Waals surface area contributed by atoms with Gasteiger partial charge in [-0.05, 0) is 70.3 Å². The highest BCUT2D eigenvalue weighted by Gasteiger charge is 2.68. The Kier molecular flexibility index (Phi) is 5.14. The van der Waals surface area contributed by atoms with Crippen LogP contribution < -0.4 is 4.74 Å². The van der Waals surface area contributed by atoms with E-state index in [0.717, 1.165) is 24.2 Å². The Bertz CT molecular complexity index is 1100. The number of aromatic hydroxyl groups is 1. The fourth-order valence-corrected chi connectivity index (χ4v) is 7.50. The van der Waals surface area contributed by atoms with E-state index in [4.69, 9.17) is 9.47 Å². The zero-order chi connectivity index (χ0) is 25.7. The molecule has 35 heavy (non-hydrogen) atoms. The van der Waals surface area contributed by atoms with Gasteiger partial charge >= 0.3 is 6.09 Å². The van der Waals surface area contributed by atoms with Crippen LogP contribution in [0.4, 0.5) is 4.79 Å². The lowest BCUT2D eigenvalue weighted by Crippen LogP contribution is -2.70. The molecule has 7 heteroatoms. The monoisotopic (exact) mass is 485 g/mol. The Labute approximate surface area is 207 Å². The van der Waals surface area contributed by atoms with Gasteiger partial charge in [0.15, 0.2) is 0 Å². The van der Waals surface area contributed by atoms with Gasteiger partial charge < -0.3 is 19.7 Å². The van der Waals surface area contributed by atoms with Gasteiger partial charge in [0, 0.05) is 22.5 Å². The van der Waals surface area contributed by atoms with Crippen LogP contribution >= 0.6 is 0 Å². The number of ether oxygens (including phenoxy) is 2. The number of hydrogen-bond donors (Lipinski definition) is 2. The van der Waals surface area contributed by atoms with Gasteiger partial charge in [-0.1, -0.05) is 27.7 Å². The molecule has 0 radical (unpaired) electrons. The summed E-state index contributed by atoms with van der Waals surface area (Å²) in [5, 5.41) is 22.0. The smallest absolute Gasteiger partial charge is 0.417 e. The Morgan fingerprint density at radius 2 is 1.86 bits per heavy atom. The van der Waals surface area contributed by atoms with Gasteiger partial charge in [0.25, 0.3) is 5.91 Å². The van der Waals surface area contributed by atoms with Crippen molar-refractivity contribution in [3.05, 3.63) is 22.8 Å². The van der Waals surface area contributed by atoms with Crippen molar-refractivity contribution in [1.82, 2.24) is 4.90 Å². The Morgan fingerprint density at radius 1 is 1.17 bits per heavy atom. The Balaban J connectivity index is 1.62. The van der Waals surface area contributed by atoms with Crippen LogP contribution in [0.25, 0.3) is 0 Å². The summed E-state index contributed by atoms with van der Waals surface area (Å²) in [6.07, 6.45) is 2.89. The summed E-state index contributed by atoms with van der Waals surface area (Å²) in [5.41, 5.74) is -0.162. The third-order valence-electron chi connectivity index (χ3n) is 9.75. The number of nitrogens with zero attached hydrogens (tertiary/aromatic N) is 1. The van der Waals surface area contributed by atoms with Gasteiger partial charge in [-0.3, -0.25) is 4.79 Å². The summed E-state index contributed by atoms with van der Waals surface area (Å²) >= 11 is 0. The van der Waals surface area contributed by atoms with E-state index >= 15 is 0 Å². The molecule has 2 heterocycles. The minimum absolute atomic E-state index is 0.0404. The molecule has 4 aliphatic rings. The van der Waals surface area contributed by atoms with Crippen LogP contribution in [0.2, 0.25) is 0 Å². The average Bonchev–Trinajstić information content (AvgIpc) is 3.07. The molecule has 1 aromatic carbocycles. The van der Waals surface area contributed by atoms with Crippen molar-refractivity contribution in [1.29, 1.82) is 0 Å². The van der Waals surface area contributed by atoms with Crippen LogP contribution in [-0.2, 0) is 17.7 Å². The fraction of sp³-hybridized carbons (Fsp3) is 0.714. The number of carbonyl (C=O) groups is 2. The molecule has 2 fully saturated rings. The molecule has 7 nitrogen and oxygen atoms in total. The van der Waals surface area contributed by atoms with E-state index in [1.165, 1.54) is 6.07 Å². The first-order valence-corrected chi connectivity index (χ1v) is 12.9. The second kappa shape index (κ2) is 7.37. The van der Waals surface area contributed by atoms with Gasteiger partial charge in [0.1, 0.15) is 22.7 Å². The number of rotatable bonds is 0. The Hall–Kier alpha value is -2.28. The van der Waals surface area contributed by atoms with Gasteiger partial charge in [-0.25, -0.2) is 9.69 Å². The van der Waals surface area contributed by atoms with Crippen molar-refractivity contribution in [2.45, 2.75) is 104 Å². The largest absolute Gasteiger partial charge is 0.508 e. The second-order valence-electron chi connectivity index (χ2n) is 13.1. The van der Waals surface area contributed by atoms with Gasteiger partial charge in [-0.15, -0.1) is 0 Å². The van der Waals surface area contributed by atoms with E-state index in [9.17, 15) is 19.8 Å². The maximum absolute atomic E-state index is 13.2. The topological polar surface area (TPSA) is 96.3 Å². The molecule has 2 N–H and O–H groups in total. The number of phenolic OH excluding ortho intramolecular Hbond substituents is 1. The van der Waals surface area contributed by atoms with Crippen LogP contribution in [0.5, 0.6) is 11.5 Å². The van der Waals surface area contributed by atoms with E-state index in [0.29, 0.717) is 41.2 Å². The van der Waals surface area contributed by atoms with E-state index in [1.807, 2.05) is 0 Å². The molecule has 192 valence electrons. The third-order valence-corrected chi connectivity index (χ3v) is 9.75. The van der Waals surface area contributed by atoms with Crippen molar-refractivity contribution in [2.24, 2.45) is 22.7 Å². The number of phenols is 1. The molecule has 0 aromatic heterocycles. The second-order valence-corrected chi connectivity index (χ2v) is 13.1. The molecular weight excluding hydrogens is 446 g/mol. The Morgan fingerprint density at radius 3 is 2.51 bits per heavy atom. The highest BCUT2D eigenvalue weighted by Crippen LogP contribution is 2.67. The predicted octanol–water partition coefficient (Wildman–Crippen LogP) is 5.19. The minimum Gasteiger partial charge on any atom is -0.508 e. The van der Waals surface area contributed by atoms with Crippen LogP contribution in [-0.4, -0.2) is 44.4 Å². The highest BCUT2D eigenvalue weighted by molar-refractivity contribution is 6.07. The molecule has 2 aliphatic carbocycles. The molecule has 1 aromatic rings. The fourth-order valence-electron chi connectivity index (χ4n) is 7.50. The third kappa shape index (κ3) is 3.26. The number of hydrogen-bond acceptors (Lipinski definition) is 6. The lowest BCUT2D eigenvalue weighted by molar-refractivity contribution is -0.233. The molecule has 1 spiro atoms. The zero-order valence-corrected chi connectivity index (χ0v) is 22.0. The van der Waals surface area contributed by atoms with Gasteiger partial charge in [0.05, 0.1) is 18.2 Å². The molecule has 2 aliphatic heterocycles. The first-order valence-electron chi connectivity index (χ1n) is 12.9. The highest BCUT2D eigenvalue weighted by atomic mass is 16.6. The summed E-state index contributed by atoms with van der Waals surface area (Å²) in [5.74, 6) is 0.604. The number of imide groups is 1. The van der Waals surface area contributed by atoms with Crippen molar-refractivity contribution in [2.75, 3.05) is 0 Å². The van der Waals surface area contributed by atoms with E-state index < -0.39 is 29.3 Å². The molecule has 0 bridgehead atoms. The van der Waals surface area contributed by atoms with E-state index in [2.05, 4.69) is 27.7 Å². The molecule has 0 unspecified atom stereocenters. The van der Waals surface area contributed by atoms with E-state index in [1.54, 1.807) is 20.8 Å². The molecule has 0 saturated heterocycles. The molecule has 5 rings (SSSR count). The average molecular weight is 486 g/mol. The molecular formula is C28H39NO6. The number of benzene rings is 1. The van der Waals surface area contributed by atoms with Crippen molar-refractivity contribution >= 4 is 12.0 Å². The number of fused-ring (bicyclic) bond motifs is 3. The van der Waals surface area contributed by atoms with Crippen LogP contribution in [0.1, 0.15) is 95.6 Å². The normalized spacial score (nSPS) is 35.4. The summed E-state index contributed by atoms with van der Waals surface area (Å²) in [6.45, 7) is 14.2. The summed E-state index contributed by atoms with van der Waals surface area (Å²) < 4.78 is 12.6. The first kappa shape index (κ1) is 24.4. The quantitative estimate of drug-likeness (QED) is 0.525. The minimum atomic E-state index is -0.731. The van der Waals surface area contributed by atoms with E-state index in [-0.39, 0.29) is 29.0 Å². The molecule has 5 atom stereocenters. The van der Waals surface area contributed by atoms with Gasteiger partial charge in [-0.2, -0.15) is 0 Å². The standard InChI is InChI=1S/C28H39NO6/c1-15-8-9-20-26(5,6)21(31)10-11-28(20)27(15,7)13-17-19(30)12-16-18(22(17)34-28)14-29(23(16)32)24(33)35-25(2,3)4/h12,15,20-21,30-31H,8-11,13-14H2,1-7H3/t15-,20-,21-,27+,28-/m0/s1. The number of aliphatic hydroxyl groups excluding tert-OH is 1. The maximum atomic E-state index is 13.2. The lowest BCUT2D eigenvalue weighted by atomic mass is 9.43. The van der Waals surface area contributed by atoms with Crippen LogP contribution in [0.3, 0.4) is 0 Å². The first-order chi connectivity index (χ1) is 16.1. The summed E-state index contributed by atoms with van der Waals surface area (Å²) in [7, 11) is 0. The lowest BCUT2D eigenvalue weighted by Gasteiger charge is -2.67. The summed E-state index contributed by atoms with van der Waals surface area (Å²) in [6, 6.07) is 1.49. The molecule has 2 saturated carbocycles. The van der Waals surface area contributed by atoms with Crippen molar-refractivity contribution in [3.8, 4) is 11.5 Å². The number of aliphatic hydroxyl groups is 1. The maximum Gasteiger partial charge on any atom is 0.417 e. The number of carbonyl (C=O) groups excluding carboxylic acids is 2. The number of amides is 2. The van der Waals surface area contributed by atoms with Crippen LogP contribution in [0, 0.1) is 22.7 Å². The zero-order valence-electron chi connectivity index (χ0n) is 22.0. The molecule has 2 amide bonds. The van der Waals surface area contributed by atoms with Gasteiger partial charge in [0.2, 0.25) is 0 Å². The summed E-state index contributed by atoms with van der Waals surface area (Å²) in [4.78, 5) is 27.1. The predicted molar refractivity (Wildman–Crippen MR) is 130 cm³/mol.